The Morgan fingerprint density at radius 3 is 2.00 bits per heavy atom. The van der Waals surface area contributed by atoms with E-state index in [1.807, 2.05) is 60.7 Å². The highest BCUT2D eigenvalue weighted by Crippen LogP contribution is 2.09. The van der Waals surface area contributed by atoms with Gasteiger partial charge in [-0.2, -0.15) is 5.26 Å². The van der Waals surface area contributed by atoms with Crippen molar-refractivity contribution in [1.29, 1.82) is 5.26 Å². The lowest BCUT2D eigenvalue weighted by atomic mass is 10.0. The van der Waals surface area contributed by atoms with Crippen molar-refractivity contribution in [2.24, 2.45) is 0 Å². The van der Waals surface area contributed by atoms with Gasteiger partial charge in [0.1, 0.15) is 12.1 Å². The monoisotopic (exact) mass is 336 g/mol. The molecule has 0 radical (unpaired) electrons. The van der Waals surface area contributed by atoms with Crippen LogP contribution in [0.5, 0.6) is 0 Å². The van der Waals surface area contributed by atoms with Crippen LogP contribution in [-0.4, -0.2) is 25.2 Å². The average molecular weight is 336 g/mol. The fraction of sp³-hybridized carbons (Fsp3) is 0.333. The van der Waals surface area contributed by atoms with Crippen LogP contribution in [0.25, 0.3) is 0 Å². The highest BCUT2D eigenvalue weighted by atomic mass is 16.5. The van der Waals surface area contributed by atoms with Crippen LogP contribution in [0.4, 0.5) is 0 Å². The van der Waals surface area contributed by atoms with Crippen LogP contribution in [0.1, 0.15) is 24.0 Å². The Bertz CT molecular complexity index is 680. The van der Waals surface area contributed by atoms with E-state index in [4.69, 9.17) is 4.74 Å². The van der Waals surface area contributed by atoms with E-state index >= 15 is 0 Å². The second kappa shape index (κ2) is 10.3. The van der Waals surface area contributed by atoms with E-state index in [1.54, 1.807) is 0 Å². The van der Waals surface area contributed by atoms with Crippen LogP contribution in [0.3, 0.4) is 0 Å². The summed E-state index contributed by atoms with van der Waals surface area (Å²) < 4.78 is 5.32. The molecule has 2 aromatic rings. The molecule has 0 spiro atoms. The predicted molar refractivity (Wildman–Crippen MR) is 97.9 cm³/mol. The Morgan fingerprint density at radius 1 is 1.00 bits per heavy atom. The summed E-state index contributed by atoms with van der Waals surface area (Å²) in [6.07, 6.45) is 2.13. The van der Waals surface area contributed by atoms with Crippen molar-refractivity contribution in [1.82, 2.24) is 5.32 Å². The van der Waals surface area contributed by atoms with Gasteiger partial charge in [0.15, 0.2) is 0 Å². The lowest BCUT2D eigenvalue weighted by Crippen LogP contribution is -2.42. The van der Waals surface area contributed by atoms with Gasteiger partial charge in [-0.3, -0.25) is 4.79 Å². The zero-order valence-electron chi connectivity index (χ0n) is 14.5. The summed E-state index contributed by atoms with van der Waals surface area (Å²) in [7, 11) is 1.53. The predicted octanol–water partition coefficient (Wildman–Crippen LogP) is 3.28. The van der Waals surface area contributed by atoms with E-state index < -0.39 is 12.1 Å². The van der Waals surface area contributed by atoms with Gasteiger partial charge in [0.25, 0.3) is 0 Å². The van der Waals surface area contributed by atoms with Crippen LogP contribution in [0.2, 0.25) is 0 Å². The van der Waals surface area contributed by atoms with Gasteiger partial charge >= 0.3 is 0 Å². The summed E-state index contributed by atoms with van der Waals surface area (Å²) in [5.41, 5.74) is 2.32. The highest BCUT2D eigenvalue weighted by Gasteiger charge is 2.21. The molecule has 0 bridgehead atoms. The summed E-state index contributed by atoms with van der Waals surface area (Å²) in [5, 5.41) is 12.1. The highest BCUT2D eigenvalue weighted by molar-refractivity contribution is 5.81. The molecule has 0 fully saturated rings. The number of hydrogen-bond acceptors (Lipinski definition) is 3. The van der Waals surface area contributed by atoms with Gasteiger partial charge in [-0.1, -0.05) is 60.7 Å². The van der Waals surface area contributed by atoms with E-state index in [1.165, 1.54) is 12.7 Å². The number of aryl methyl sites for hydroxylation is 2. The minimum Gasteiger partial charge on any atom is -0.372 e. The average Bonchev–Trinajstić information content (AvgIpc) is 2.67. The number of nitriles is 1. The van der Waals surface area contributed by atoms with Crippen molar-refractivity contribution in [3.05, 3.63) is 71.8 Å². The molecule has 4 nitrogen and oxygen atoms in total. The van der Waals surface area contributed by atoms with Gasteiger partial charge in [-0.25, -0.2) is 0 Å². The van der Waals surface area contributed by atoms with Crippen molar-refractivity contribution >= 4 is 5.91 Å². The first-order chi connectivity index (χ1) is 12.2. The van der Waals surface area contributed by atoms with E-state index in [-0.39, 0.29) is 5.91 Å². The number of nitrogens with one attached hydrogen (secondary N) is 1. The van der Waals surface area contributed by atoms with E-state index in [0.29, 0.717) is 12.8 Å². The van der Waals surface area contributed by atoms with Crippen LogP contribution in [0.15, 0.2) is 60.7 Å². The minimum absolute atomic E-state index is 0.224. The molecule has 0 aromatic heterocycles. The first kappa shape index (κ1) is 18.7. The largest absolute Gasteiger partial charge is 0.372 e. The second-order valence-electron chi connectivity index (χ2n) is 5.96. The zero-order valence-corrected chi connectivity index (χ0v) is 14.5. The molecule has 130 valence electrons. The van der Waals surface area contributed by atoms with Crippen molar-refractivity contribution in [2.75, 3.05) is 7.11 Å². The third-order valence-corrected chi connectivity index (χ3v) is 4.15. The molecule has 25 heavy (non-hydrogen) atoms. The normalized spacial score (nSPS) is 12.8. The number of carbonyl (C=O) groups excluding carboxylic acids is 1. The number of ether oxygens (including phenoxy) is 1. The molecular weight excluding hydrogens is 312 g/mol. The standard InChI is InChI=1S/C21H24N2O2/c1-25-20(15-13-18-10-6-3-7-11-18)21(24)23-19(16-22)14-12-17-8-4-2-5-9-17/h2-11,19-20H,12-15H2,1H3,(H,23,24)/t19-,20?/m0/s1. The van der Waals surface area contributed by atoms with Gasteiger partial charge in [0.05, 0.1) is 6.07 Å². The van der Waals surface area contributed by atoms with Crippen LogP contribution in [0, 0.1) is 11.3 Å². The third-order valence-electron chi connectivity index (χ3n) is 4.15. The maximum absolute atomic E-state index is 12.4. The van der Waals surface area contributed by atoms with Gasteiger partial charge in [0, 0.05) is 7.11 Å². The van der Waals surface area contributed by atoms with Gasteiger partial charge in [-0.05, 0) is 36.8 Å². The summed E-state index contributed by atoms with van der Waals surface area (Å²) in [5.74, 6) is -0.224. The molecule has 4 heteroatoms. The Balaban J connectivity index is 1.83. The first-order valence-electron chi connectivity index (χ1n) is 8.53. The van der Waals surface area contributed by atoms with Crippen molar-refractivity contribution in [2.45, 2.75) is 37.8 Å². The molecule has 2 aromatic carbocycles. The Labute approximate surface area is 149 Å². The second-order valence-corrected chi connectivity index (χ2v) is 5.96. The van der Waals surface area contributed by atoms with Gasteiger partial charge in [-0.15, -0.1) is 0 Å². The summed E-state index contributed by atoms with van der Waals surface area (Å²) in [6.45, 7) is 0. The minimum atomic E-state index is -0.548. The van der Waals surface area contributed by atoms with Crippen molar-refractivity contribution < 1.29 is 9.53 Å². The number of amides is 1. The van der Waals surface area contributed by atoms with Crippen molar-refractivity contribution in [3.8, 4) is 6.07 Å². The number of carbonyl (C=O) groups is 1. The summed E-state index contributed by atoms with van der Waals surface area (Å²) in [6, 6.07) is 21.6. The molecule has 1 amide bonds. The Kier molecular flexibility index (Phi) is 7.68. The fourth-order valence-corrected chi connectivity index (χ4v) is 2.69. The first-order valence-corrected chi connectivity index (χ1v) is 8.53. The molecule has 2 rings (SSSR count). The van der Waals surface area contributed by atoms with Gasteiger partial charge < -0.3 is 10.1 Å². The number of hydrogen-bond donors (Lipinski definition) is 1. The molecule has 0 saturated carbocycles. The van der Waals surface area contributed by atoms with Crippen molar-refractivity contribution in [3.63, 3.8) is 0 Å². The Hall–Kier alpha value is -2.64. The van der Waals surface area contributed by atoms with E-state index in [2.05, 4.69) is 11.4 Å². The van der Waals surface area contributed by atoms with Crippen LogP contribution in [-0.2, 0) is 22.4 Å². The smallest absolute Gasteiger partial charge is 0.250 e. The van der Waals surface area contributed by atoms with Crippen LogP contribution >= 0.6 is 0 Å². The molecule has 0 saturated heterocycles. The lowest BCUT2D eigenvalue weighted by Gasteiger charge is -2.18. The van der Waals surface area contributed by atoms with Crippen LogP contribution < -0.4 is 5.32 Å². The molecule has 0 aliphatic carbocycles. The summed E-state index contributed by atoms with van der Waals surface area (Å²) >= 11 is 0. The fourth-order valence-electron chi connectivity index (χ4n) is 2.69. The maximum atomic E-state index is 12.4. The molecular formula is C21H24N2O2. The van der Waals surface area contributed by atoms with E-state index in [0.717, 1.165) is 18.4 Å². The molecule has 1 unspecified atom stereocenters. The number of rotatable bonds is 9. The zero-order chi connectivity index (χ0) is 17.9. The summed E-state index contributed by atoms with van der Waals surface area (Å²) in [4.78, 5) is 12.4. The number of benzene rings is 2. The quantitative estimate of drug-likeness (QED) is 0.764. The lowest BCUT2D eigenvalue weighted by molar-refractivity contribution is -0.131. The molecule has 0 aliphatic rings. The molecule has 0 heterocycles. The maximum Gasteiger partial charge on any atom is 0.250 e. The molecule has 2 atom stereocenters. The molecule has 0 aliphatic heterocycles. The third kappa shape index (κ3) is 6.40. The number of methoxy groups -OCH3 is 1. The topological polar surface area (TPSA) is 62.1 Å². The number of nitrogens with zero attached hydrogens (tertiary/aromatic N) is 1. The van der Waals surface area contributed by atoms with Gasteiger partial charge in [0.2, 0.25) is 5.91 Å². The Morgan fingerprint density at radius 2 is 1.52 bits per heavy atom. The SMILES string of the molecule is COC(CCc1ccccc1)C(=O)N[C@H](C#N)CCc1ccccc1. The van der Waals surface area contributed by atoms with E-state index in [9.17, 15) is 10.1 Å². The molecule has 1 N–H and O–H groups in total.